The summed E-state index contributed by atoms with van der Waals surface area (Å²) in [6.07, 6.45) is 0.658. The highest BCUT2D eigenvalue weighted by Crippen LogP contribution is 2.30. The molecule has 1 aromatic carbocycles. The SMILES string of the molecule is COCC(CCO)NC(C)c1ccc(OC)c(OC)c1. The number of hydrogen-bond acceptors (Lipinski definition) is 5. The van der Waals surface area contributed by atoms with Crippen molar-refractivity contribution in [1.82, 2.24) is 5.32 Å². The molecule has 0 aromatic heterocycles. The number of aliphatic hydroxyl groups is 1. The Morgan fingerprint density at radius 3 is 2.40 bits per heavy atom. The molecular weight excluding hydrogens is 258 g/mol. The van der Waals surface area contributed by atoms with E-state index in [0.29, 0.717) is 24.5 Å². The molecule has 5 heteroatoms. The molecule has 0 aliphatic rings. The summed E-state index contributed by atoms with van der Waals surface area (Å²) in [7, 11) is 4.90. The van der Waals surface area contributed by atoms with Gasteiger partial charge in [-0.2, -0.15) is 0 Å². The van der Waals surface area contributed by atoms with Gasteiger partial charge < -0.3 is 24.6 Å². The molecule has 2 unspecified atom stereocenters. The average Bonchev–Trinajstić information content (AvgIpc) is 2.46. The van der Waals surface area contributed by atoms with Crippen LogP contribution in [-0.2, 0) is 4.74 Å². The van der Waals surface area contributed by atoms with Crippen LogP contribution in [0.15, 0.2) is 18.2 Å². The van der Waals surface area contributed by atoms with E-state index in [0.717, 1.165) is 5.56 Å². The van der Waals surface area contributed by atoms with Crippen molar-refractivity contribution in [3.05, 3.63) is 23.8 Å². The predicted octanol–water partition coefficient (Wildman–Crippen LogP) is 1.75. The van der Waals surface area contributed by atoms with Gasteiger partial charge in [-0.25, -0.2) is 0 Å². The van der Waals surface area contributed by atoms with Gasteiger partial charge in [0.1, 0.15) is 0 Å². The number of benzene rings is 1. The van der Waals surface area contributed by atoms with E-state index in [4.69, 9.17) is 19.3 Å². The Hall–Kier alpha value is -1.30. The first-order chi connectivity index (χ1) is 9.65. The minimum absolute atomic E-state index is 0.119. The number of aliphatic hydroxyl groups excluding tert-OH is 1. The topological polar surface area (TPSA) is 60.0 Å². The van der Waals surface area contributed by atoms with Crippen LogP contribution in [0.2, 0.25) is 0 Å². The third-order valence-electron chi connectivity index (χ3n) is 3.24. The van der Waals surface area contributed by atoms with E-state index in [2.05, 4.69) is 12.2 Å². The van der Waals surface area contributed by atoms with Gasteiger partial charge in [0.25, 0.3) is 0 Å². The number of methoxy groups -OCH3 is 3. The Labute approximate surface area is 120 Å². The Balaban J connectivity index is 2.77. The summed E-state index contributed by atoms with van der Waals surface area (Å²) in [4.78, 5) is 0. The minimum atomic E-state index is 0.119. The van der Waals surface area contributed by atoms with Gasteiger partial charge in [-0.3, -0.25) is 0 Å². The molecule has 0 heterocycles. The fourth-order valence-electron chi connectivity index (χ4n) is 2.14. The van der Waals surface area contributed by atoms with Crippen molar-refractivity contribution in [3.8, 4) is 11.5 Å². The lowest BCUT2D eigenvalue weighted by molar-refractivity contribution is 0.143. The molecule has 2 N–H and O–H groups in total. The highest BCUT2D eigenvalue weighted by atomic mass is 16.5. The Bertz CT molecular complexity index is 391. The van der Waals surface area contributed by atoms with E-state index in [9.17, 15) is 0 Å². The zero-order valence-corrected chi connectivity index (χ0v) is 12.7. The number of rotatable bonds is 9. The van der Waals surface area contributed by atoms with Crippen molar-refractivity contribution < 1.29 is 19.3 Å². The van der Waals surface area contributed by atoms with Crippen LogP contribution < -0.4 is 14.8 Å². The smallest absolute Gasteiger partial charge is 0.161 e. The lowest BCUT2D eigenvalue weighted by Crippen LogP contribution is -2.36. The van der Waals surface area contributed by atoms with E-state index in [1.165, 1.54) is 0 Å². The Morgan fingerprint density at radius 1 is 1.15 bits per heavy atom. The van der Waals surface area contributed by atoms with Crippen molar-refractivity contribution in [3.63, 3.8) is 0 Å². The summed E-state index contributed by atoms with van der Waals surface area (Å²) in [5, 5.41) is 12.5. The number of hydrogen-bond donors (Lipinski definition) is 2. The maximum absolute atomic E-state index is 9.07. The van der Waals surface area contributed by atoms with Crippen LogP contribution in [0.4, 0.5) is 0 Å². The van der Waals surface area contributed by atoms with Gasteiger partial charge in [0.2, 0.25) is 0 Å². The maximum Gasteiger partial charge on any atom is 0.161 e. The Morgan fingerprint density at radius 2 is 1.85 bits per heavy atom. The molecule has 1 aromatic rings. The molecule has 114 valence electrons. The van der Waals surface area contributed by atoms with Crippen LogP contribution in [0.5, 0.6) is 11.5 Å². The third kappa shape index (κ3) is 4.67. The van der Waals surface area contributed by atoms with Crippen molar-refractivity contribution in [2.45, 2.75) is 25.4 Å². The molecule has 20 heavy (non-hydrogen) atoms. The van der Waals surface area contributed by atoms with E-state index < -0.39 is 0 Å². The highest BCUT2D eigenvalue weighted by molar-refractivity contribution is 5.43. The number of ether oxygens (including phenoxy) is 3. The fraction of sp³-hybridized carbons (Fsp3) is 0.600. The standard InChI is InChI=1S/C15H25NO4/c1-11(16-13(7-8-17)10-18-2)12-5-6-14(19-3)15(9-12)20-4/h5-6,9,11,13,16-17H,7-8,10H2,1-4H3. The van der Waals surface area contributed by atoms with E-state index in [1.54, 1.807) is 21.3 Å². The van der Waals surface area contributed by atoms with Gasteiger partial charge in [0.15, 0.2) is 11.5 Å². The average molecular weight is 283 g/mol. The quantitative estimate of drug-likeness (QED) is 0.723. The van der Waals surface area contributed by atoms with Crippen molar-refractivity contribution in [2.75, 3.05) is 34.5 Å². The van der Waals surface area contributed by atoms with Crippen LogP contribution in [0.25, 0.3) is 0 Å². The first-order valence-electron chi connectivity index (χ1n) is 6.74. The maximum atomic E-state index is 9.07. The molecule has 0 aliphatic carbocycles. The van der Waals surface area contributed by atoms with Gasteiger partial charge in [-0.15, -0.1) is 0 Å². The molecule has 0 amide bonds. The van der Waals surface area contributed by atoms with Crippen LogP contribution in [0.1, 0.15) is 24.9 Å². The third-order valence-corrected chi connectivity index (χ3v) is 3.24. The second-order valence-corrected chi connectivity index (χ2v) is 4.67. The monoisotopic (exact) mass is 283 g/mol. The van der Waals surface area contributed by atoms with Crippen LogP contribution >= 0.6 is 0 Å². The molecular formula is C15H25NO4. The van der Waals surface area contributed by atoms with Crippen molar-refractivity contribution in [1.29, 1.82) is 0 Å². The Kier molecular flexibility index (Phi) is 7.36. The summed E-state index contributed by atoms with van der Waals surface area (Å²) in [5.74, 6) is 1.43. The van der Waals surface area contributed by atoms with E-state index in [-0.39, 0.29) is 18.7 Å². The van der Waals surface area contributed by atoms with E-state index in [1.807, 2.05) is 18.2 Å². The lowest BCUT2D eigenvalue weighted by Gasteiger charge is -2.23. The molecule has 0 bridgehead atoms. The van der Waals surface area contributed by atoms with Gasteiger partial charge in [-0.1, -0.05) is 6.07 Å². The van der Waals surface area contributed by atoms with Crippen LogP contribution in [0, 0.1) is 0 Å². The first-order valence-corrected chi connectivity index (χ1v) is 6.74. The van der Waals surface area contributed by atoms with Crippen LogP contribution in [0.3, 0.4) is 0 Å². The number of nitrogens with one attached hydrogen (secondary N) is 1. The summed E-state index contributed by atoms with van der Waals surface area (Å²) in [6, 6.07) is 6.10. The lowest BCUT2D eigenvalue weighted by atomic mass is 10.1. The van der Waals surface area contributed by atoms with Gasteiger partial charge in [-0.05, 0) is 31.0 Å². The van der Waals surface area contributed by atoms with Crippen molar-refractivity contribution >= 4 is 0 Å². The van der Waals surface area contributed by atoms with Crippen molar-refractivity contribution in [2.24, 2.45) is 0 Å². The molecule has 0 fully saturated rings. The van der Waals surface area contributed by atoms with Crippen LogP contribution in [-0.4, -0.2) is 45.7 Å². The molecule has 0 aliphatic heterocycles. The van der Waals surface area contributed by atoms with Gasteiger partial charge in [0, 0.05) is 25.8 Å². The van der Waals surface area contributed by atoms with Gasteiger partial charge >= 0.3 is 0 Å². The molecule has 1 rings (SSSR count). The predicted molar refractivity (Wildman–Crippen MR) is 78.5 cm³/mol. The largest absolute Gasteiger partial charge is 0.493 e. The zero-order valence-electron chi connectivity index (χ0n) is 12.7. The zero-order chi connectivity index (χ0) is 15.0. The summed E-state index contributed by atoms with van der Waals surface area (Å²) in [6.45, 7) is 2.78. The molecule has 2 atom stereocenters. The molecule has 0 radical (unpaired) electrons. The molecule has 0 spiro atoms. The second kappa shape index (κ2) is 8.79. The minimum Gasteiger partial charge on any atom is -0.493 e. The summed E-state index contributed by atoms with van der Waals surface area (Å²) < 4.78 is 15.7. The molecule has 0 saturated heterocycles. The highest BCUT2D eigenvalue weighted by Gasteiger charge is 2.14. The fourth-order valence-corrected chi connectivity index (χ4v) is 2.14. The van der Waals surface area contributed by atoms with Gasteiger partial charge in [0.05, 0.1) is 20.8 Å². The first kappa shape index (κ1) is 16.8. The normalized spacial score (nSPS) is 13.8. The summed E-state index contributed by atoms with van der Waals surface area (Å²) >= 11 is 0. The second-order valence-electron chi connectivity index (χ2n) is 4.67. The summed E-state index contributed by atoms with van der Waals surface area (Å²) in [5.41, 5.74) is 1.10. The molecule has 5 nitrogen and oxygen atoms in total. The molecule has 0 saturated carbocycles. The van der Waals surface area contributed by atoms with E-state index >= 15 is 0 Å².